The molecule has 0 aromatic heterocycles. The van der Waals surface area contributed by atoms with Crippen molar-refractivity contribution in [2.75, 3.05) is 6.54 Å². The van der Waals surface area contributed by atoms with Crippen molar-refractivity contribution in [1.82, 2.24) is 4.90 Å². The first-order valence-electron chi connectivity index (χ1n) is 11.1. The van der Waals surface area contributed by atoms with Crippen LogP contribution < -0.4 is 0 Å². The fourth-order valence-electron chi connectivity index (χ4n) is 3.85. The van der Waals surface area contributed by atoms with Gasteiger partial charge in [-0.3, -0.25) is 9.59 Å². The molecule has 5 nitrogen and oxygen atoms in total. The van der Waals surface area contributed by atoms with Crippen LogP contribution in [0.25, 0.3) is 0 Å². The predicted molar refractivity (Wildman–Crippen MR) is 115 cm³/mol. The lowest BCUT2D eigenvalue weighted by Gasteiger charge is -2.22. The number of hydrogen-bond donors (Lipinski definition) is 2. The van der Waals surface area contributed by atoms with Gasteiger partial charge in [0, 0.05) is 19.4 Å². The van der Waals surface area contributed by atoms with Crippen LogP contribution in [0.4, 0.5) is 8.78 Å². The van der Waals surface area contributed by atoms with Gasteiger partial charge in [-0.2, -0.15) is 8.78 Å². The number of nitrogens with zero attached hydrogens (tertiary/aromatic N) is 1. The first kappa shape index (κ1) is 25.0. The third-order valence-corrected chi connectivity index (χ3v) is 5.59. The van der Waals surface area contributed by atoms with Gasteiger partial charge in [0.25, 0.3) is 5.91 Å². The fourth-order valence-corrected chi connectivity index (χ4v) is 3.85. The average molecular weight is 438 g/mol. The standard InChI is InChI=1S/C24H33F2NO4/c25-24(26)18-20(27(23(24)31)17-9-2-1-6-14-22(29)30)15-16-21(28)13-8-7-12-19-10-4-3-5-11-19/h3-5,10-11,15-16,20-21,28H,1-2,6-9,12-14,17-18H2,(H,29,30)/t20-,21+/m0/s1. The fraction of sp³-hybridized carbons (Fsp3) is 0.583. The molecule has 0 aliphatic carbocycles. The summed E-state index contributed by atoms with van der Waals surface area (Å²) < 4.78 is 27.9. The second-order valence-corrected chi connectivity index (χ2v) is 8.22. The van der Waals surface area contributed by atoms with Crippen molar-refractivity contribution in [2.45, 2.75) is 82.3 Å². The van der Waals surface area contributed by atoms with Crippen LogP contribution >= 0.6 is 0 Å². The topological polar surface area (TPSA) is 77.8 Å². The molecule has 31 heavy (non-hydrogen) atoms. The van der Waals surface area contributed by atoms with Gasteiger partial charge in [0.2, 0.25) is 0 Å². The van der Waals surface area contributed by atoms with Gasteiger partial charge in [0.15, 0.2) is 0 Å². The van der Waals surface area contributed by atoms with Gasteiger partial charge in [-0.15, -0.1) is 0 Å². The van der Waals surface area contributed by atoms with E-state index in [1.165, 1.54) is 22.6 Å². The normalized spacial score (nSPS) is 19.3. The smallest absolute Gasteiger partial charge is 0.327 e. The van der Waals surface area contributed by atoms with Crippen LogP contribution in [0.3, 0.4) is 0 Å². The summed E-state index contributed by atoms with van der Waals surface area (Å²) in [4.78, 5) is 23.7. The lowest BCUT2D eigenvalue weighted by atomic mass is 10.0. The highest BCUT2D eigenvalue weighted by Crippen LogP contribution is 2.34. The highest BCUT2D eigenvalue weighted by molar-refractivity contribution is 5.86. The average Bonchev–Trinajstić information content (AvgIpc) is 2.95. The van der Waals surface area contributed by atoms with Gasteiger partial charge >= 0.3 is 11.9 Å². The van der Waals surface area contributed by atoms with E-state index in [0.29, 0.717) is 32.1 Å². The molecule has 1 heterocycles. The van der Waals surface area contributed by atoms with E-state index in [4.69, 9.17) is 5.11 Å². The van der Waals surface area contributed by atoms with Crippen molar-refractivity contribution in [3.63, 3.8) is 0 Å². The van der Waals surface area contributed by atoms with Crippen molar-refractivity contribution < 1.29 is 28.6 Å². The van der Waals surface area contributed by atoms with E-state index in [2.05, 4.69) is 12.1 Å². The summed E-state index contributed by atoms with van der Waals surface area (Å²) in [6, 6.07) is 9.36. The predicted octanol–water partition coefficient (Wildman–Crippen LogP) is 4.59. The Morgan fingerprint density at radius 2 is 1.84 bits per heavy atom. The number of hydrogen-bond acceptors (Lipinski definition) is 3. The zero-order chi connectivity index (χ0) is 22.7. The SMILES string of the molecule is O=C(O)CCCCCCN1C(=O)C(F)(F)C[C@@H]1C=C[C@H](O)CCCCc1ccccc1. The number of benzene rings is 1. The zero-order valence-corrected chi connectivity index (χ0v) is 17.9. The first-order valence-corrected chi connectivity index (χ1v) is 11.1. The minimum absolute atomic E-state index is 0.0926. The van der Waals surface area contributed by atoms with Crippen LogP contribution in [0.15, 0.2) is 42.5 Å². The van der Waals surface area contributed by atoms with E-state index in [9.17, 15) is 23.5 Å². The number of carbonyl (C=O) groups excluding carboxylic acids is 1. The maximum Gasteiger partial charge on any atom is 0.327 e. The second-order valence-electron chi connectivity index (χ2n) is 8.22. The number of amides is 1. The Hall–Kier alpha value is -2.28. The molecule has 1 fully saturated rings. The summed E-state index contributed by atoms with van der Waals surface area (Å²) in [5.41, 5.74) is 1.25. The number of likely N-dealkylation sites (tertiary alicyclic amines) is 1. The molecule has 0 saturated carbocycles. The number of carboxylic acid groups (broad SMARTS) is 1. The molecule has 1 aromatic carbocycles. The van der Waals surface area contributed by atoms with Crippen LogP contribution in [-0.4, -0.2) is 51.6 Å². The molecule has 1 amide bonds. The zero-order valence-electron chi connectivity index (χ0n) is 17.9. The number of aliphatic carboxylic acids is 1. The Kier molecular flexibility index (Phi) is 10.1. The van der Waals surface area contributed by atoms with Crippen molar-refractivity contribution in [1.29, 1.82) is 0 Å². The Balaban J connectivity index is 1.74. The lowest BCUT2D eigenvalue weighted by molar-refractivity contribution is -0.148. The van der Waals surface area contributed by atoms with Crippen molar-refractivity contribution in [3.05, 3.63) is 48.0 Å². The van der Waals surface area contributed by atoms with Gasteiger partial charge in [0.1, 0.15) is 0 Å². The van der Waals surface area contributed by atoms with E-state index in [-0.39, 0.29) is 13.0 Å². The Morgan fingerprint density at radius 1 is 1.13 bits per heavy atom. The maximum absolute atomic E-state index is 13.9. The van der Waals surface area contributed by atoms with E-state index < -0.39 is 36.4 Å². The largest absolute Gasteiger partial charge is 0.481 e. The molecule has 7 heteroatoms. The van der Waals surface area contributed by atoms with Crippen LogP contribution in [0.5, 0.6) is 0 Å². The summed E-state index contributed by atoms with van der Waals surface area (Å²) in [7, 11) is 0. The number of rotatable bonds is 14. The molecular formula is C24H33F2NO4. The summed E-state index contributed by atoms with van der Waals surface area (Å²) in [6.07, 6.45) is 7.55. The van der Waals surface area contributed by atoms with E-state index in [1.54, 1.807) is 0 Å². The number of aliphatic hydroxyl groups excluding tert-OH is 1. The summed E-state index contributed by atoms with van der Waals surface area (Å²) in [5, 5.41) is 18.8. The second kappa shape index (κ2) is 12.5. The summed E-state index contributed by atoms with van der Waals surface area (Å²) >= 11 is 0. The minimum Gasteiger partial charge on any atom is -0.481 e. The van der Waals surface area contributed by atoms with Crippen molar-refractivity contribution in [2.24, 2.45) is 0 Å². The molecule has 0 radical (unpaired) electrons. The number of carbonyl (C=O) groups is 2. The molecule has 0 unspecified atom stereocenters. The van der Waals surface area contributed by atoms with Gasteiger partial charge in [-0.25, -0.2) is 0 Å². The Morgan fingerprint density at radius 3 is 2.55 bits per heavy atom. The van der Waals surface area contributed by atoms with Crippen LogP contribution in [-0.2, 0) is 16.0 Å². The number of aryl methyl sites for hydroxylation is 1. The summed E-state index contributed by atoms with van der Waals surface area (Å²) in [5.74, 6) is -5.39. The summed E-state index contributed by atoms with van der Waals surface area (Å²) in [6.45, 7) is 0.212. The van der Waals surface area contributed by atoms with Gasteiger partial charge in [-0.1, -0.05) is 61.7 Å². The Bertz CT molecular complexity index is 724. The van der Waals surface area contributed by atoms with Crippen LogP contribution in [0.2, 0.25) is 0 Å². The van der Waals surface area contributed by atoms with Gasteiger partial charge in [-0.05, 0) is 37.7 Å². The van der Waals surface area contributed by atoms with Crippen molar-refractivity contribution >= 4 is 11.9 Å². The molecule has 1 aliphatic heterocycles. The molecule has 0 bridgehead atoms. The van der Waals surface area contributed by atoms with E-state index in [1.807, 2.05) is 18.2 Å². The highest BCUT2D eigenvalue weighted by atomic mass is 19.3. The number of alkyl halides is 2. The minimum atomic E-state index is -3.38. The first-order chi connectivity index (χ1) is 14.8. The molecule has 1 aliphatic rings. The van der Waals surface area contributed by atoms with Crippen LogP contribution in [0.1, 0.15) is 63.4 Å². The molecule has 2 N–H and O–H groups in total. The molecular weight excluding hydrogens is 404 g/mol. The highest BCUT2D eigenvalue weighted by Gasteiger charge is 2.52. The van der Waals surface area contributed by atoms with Crippen LogP contribution in [0, 0.1) is 0 Å². The molecule has 1 saturated heterocycles. The van der Waals surface area contributed by atoms with Gasteiger partial charge in [0.05, 0.1) is 12.1 Å². The molecule has 2 atom stereocenters. The number of unbranched alkanes of at least 4 members (excludes halogenated alkanes) is 4. The molecule has 0 spiro atoms. The Labute approximate surface area is 182 Å². The van der Waals surface area contributed by atoms with Gasteiger partial charge < -0.3 is 15.1 Å². The number of halogens is 2. The number of aliphatic hydroxyl groups is 1. The molecule has 2 rings (SSSR count). The number of carboxylic acids is 1. The third-order valence-electron chi connectivity index (χ3n) is 5.59. The quantitative estimate of drug-likeness (QED) is 0.330. The lowest BCUT2D eigenvalue weighted by Crippen LogP contribution is -2.36. The van der Waals surface area contributed by atoms with E-state index in [0.717, 1.165) is 19.3 Å². The molecule has 1 aromatic rings. The molecule has 172 valence electrons. The van der Waals surface area contributed by atoms with Crippen molar-refractivity contribution in [3.8, 4) is 0 Å². The van der Waals surface area contributed by atoms with E-state index >= 15 is 0 Å². The maximum atomic E-state index is 13.9. The third kappa shape index (κ3) is 8.77. The monoisotopic (exact) mass is 437 g/mol.